The Labute approximate surface area is 155 Å². The lowest BCUT2D eigenvalue weighted by Gasteiger charge is -2.25. The van der Waals surface area contributed by atoms with Gasteiger partial charge in [0.25, 0.3) is 0 Å². The molecule has 0 spiro atoms. The number of para-hydroxylation sites is 1. The van der Waals surface area contributed by atoms with E-state index in [0.29, 0.717) is 0 Å². The lowest BCUT2D eigenvalue weighted by Crippen LogP contribution is -2.34. The van der Waals surface area contributed by atoms with Crippen molar-refractivity contribution in [2.24, 2.45) is 0 Å². The van der Waals surface area contributed by atoms with Crippen molar-refractivity contribution < 1.29 is 0 Å². The molecule has 130 valence electrons. The van der Waals surface area contributed by atoms with Gasteiger partial charge in [0.2, 0.25) is 0 Å². The molecule has 0 aliphatic carbocycles. The van der Waals surface area contributed by atoms with Gasteiger partial charge < -0.3 is 10.6 Å². The average Bonchev–Trinajstić information content (AvgIpc) is 2.69. The molecule has 0 saturated carbocycles. The molecule has 1 atom stereocenters. The number of hydrogen-bond donors (Lipinski definition) is 2. The Hall–Kier alpha value is -3.26. The van der Waals surface area contributed by atoms with Crippen molar-refractivity contribution in [2.75, 3.05) is 5.32 Å². The second kappa shape index (κ2) is 8.72. The van der Waals surface area contributed by atoms with Gasteiger partial charge in [-0.1, -0.05) is 92.0 Å². The van der Waals surface area contributed by atoms with E-state index < -0.39 is 0 Å². The van der Waals surface area contributed by atoms with Crippen molar-refractivity contribution in [1.82, 2.24) is 5.32 Å². The average molecular weight is 340 g/mol. The molecule has 2 nitrogen and oxygen atoms in total. The van der Waals surface area contributed by atoms with E-state index in [1.165, 1.54) is 5.56 Å². The van der Waals surface area contributed by atoms with Gasteiger partial charge in [-0.05, 0) is 29.7 Å². The Kier molecular flexibility index (Phi) is 5.89. The van der Waals surface area contributed by atoms with Crippen LogP contribution in [-0.2, 0) is 6.42 Å². The predicted molar refractivity (Wildman–Crippen MR) is 112 cm³/mol. The first-order chi connectivity index (χ1) is 12.7. The van der Waals surface area contributed by atoms with Gasteiger partial charge >= 0.3 is 0 Å². The molecule has 2 heteroatoms. The molecule has 0 bridgehead atoms. The standard InChI is InChI=1S/C24H24N2/c1-19(22-14-8-4-9-15-22)26-24(18-21-12-6-3-7-13-21)20(2)25-23-16-10-5-11-17-23/h3-17,24-26H,1-2,18H2. The van der Waals surface area contributed by atoms with E-state index in [0.717, 1.165) is 29.1 Å². The van der Waals surface area contributed by atoms with Crippen LogP contribution >= 0.6 is 0 Å². The summed E-state index contributed by atoms with van der Waals surface area (Å²) >= 11 is 0. The highest BCUT2D eigenvalue weighted by Crippen LogP contribution is 2.17. The first kappa shape index (κ1) is 17.6. The Bertz CT molecular complexity index is 839. The molecule has 0 fully saturated rings. The zero-order valence-corrected chi connectivity index (χ0v) is 14.9. The maximum atomic E-state index is 4.28. The van der Waals surface area contributed by atoms with E-state index in [1.54, 1.807) is 0 Å². The van der Waals surface area contributed by atoms with Gasteiger partial charge in [0.1, 0.15) is 0 Å². The van der Waals surface area contributed by atoms with Crippen LogP contribution in [0.15, 0.2) is 110 Å². The van der Waals surface area contributed by atoms with E-state index >= 15 is 0 Å². The SMILES string of the molecule is C=C(NC(Cc1ccccc1)C(=C)Nc1ccccc1)c1ccccc1. The minimum absolute atomic E-state index is 0.0188. The normalized spacial score (nSPS) is 11.4. The third-order valence-electron chi connectivity index (χ3n) is 4.25. The molecule has 3 aromatic carbocycles. The summed E-state index contributed by atoms with van der Waals surface area (Å²) in [6.07, 6.45) is 0.825. The molecule has 3 aromatic rings. The van der Waals surface area contributed by atoms with Crippen LogP contribution in [0.4, 0.5) is 5.69 Å². The molecule has 3 rings (SSSR count). The van der Waals surface area contributed by atoms with Gasteiger partial charge in [0.05, 0.1) is 6.04 Å². The van der Waals surface area contributed by atoms with E-state index in [2.05, 4.69) is 60.2 Å². The second-order valence-corrected chi connectivity index (χ2v) is 6.25. The van der Waals surface area contributed by atoms with Crippen LogP contribution in [0.5, 0.6) is 0 Å². The highest BCUT2D eigenvalue weighted by Gasteiger charge is 2.15. The molecule has 2 N–H and O–H groups in total. The monoisotopic (exact) mass is 340 g/mol. The molecule has 0 saturated heterocycles. The summed E-state index contributed by atoms with van der Waals surface area (Å²) in [6.45, 7) is 8.49. The van der Waals surface area contributed by atoms with Crippen LogP contribution in [0.2, 0.25) is 0 Å². The molecule has 0 aliphatic heterocycles. The minimum atomic E-state index is 0.0188. The Balaban J connectivity index is 1.76. The van der Waals surface area contributed by atoms with Crippen LogP contribution in [-0.4, -0.2) is 6.04 Å². The summed E-state index contributed by atoms with van der Waals surface area (Å²) in [5, 5.41) is 6.97. The van der Waals surface area contributed by atoms with Crippen molar-refractivity contribution in [1.29, 1.82) is 0 Å². The van der Waals surface area contributed by atoms with Crippen molar-refractivity contribution in [2.45, 2.75) is 12.5 Å². The minimum Gasteiger partial charge on any atom is -0.376 e. The Morgan fingerprint density at radius 3 is 1.88 bits per heavy atom. The van der Waals surface area contributed by atoms with Gasteiger partial charge in [-0.25, -0.2) is 0 Å². The fraction of sp³-hybridized carbons (Fsp3) is 0.0833. The van der Waals surface area contributed by atoms with Crippen LogP contribution in [0, 0.1) is 0 Å². The van der Waals surface area contributed by atoms with E-state index in [1.807, 2.05) is 54.6 Å². The Morgan fingerprint density at radius 2 is 1.27 bits per heavy atom. The fourth-order valence-corrected chi connectivity index (χ4v) is 2.84. The molecule has 0 amide bonds. The highest BCUT2D eigenvalue weighted by atomic mass is 15.0. The summed E-state index contributed by atoms with van der Waals surface area (Å²) in [7, 11) is 0. The lowest BCUT2D eigenvalue weighted by atomic mass is 10.0. The number of nitrogens with one attached hydrogen (secondary N) is 2. The first-order valence-electron chi connectivity index (χ1n) is 8.78. The quantitative estimate of drug-likeness (QED) is 0.567. The molecular weight excluding hydrogens is 316 g/mol. The zero-order chi connectivity index (χ0) is 18.2. The van der Waals surface area contributed by atoms with Crippen molar-refractivity contribution in [3.63, 3.8) is 0 Å². The van der Waals surface area contributed by atoms with Gasteiger partial charge in [0.15, 0.2) is 0 Å². The van der Waals surface area contributed by atoms with Gasteiger partial charge in [-0.3, -0.25) is 0 Å². The van der Waals surface area contributed by atoms with E-state index in [9.17, 15) is 0 Å². The molecule has 1 unspecified atom stereocenters. The summed E-state index contributed by atoms with van der Waals surface area (Å²) in [5.41, 5.74) is 5.17. The maximum Gasteiger partial charge on any atom is 0.0697 e. The fourth-order valence-electron chi connectivity index (χ4n) is 2.84. The largest absolute Gasteiger partial charge is 0.376 e. The van der Waals surface area contributed by atoms with Crippen molar-refractivity contribution >= 4 is 11.4 Å². The highest BCUT2D eigenvalue weighted by molar-refractivity contribution is 5.62. The van der Waals surface area contributed by atoms with Crippen LogP contribution in [0.1, 0.15) is 11.1 Å². The lowest BCUT2D eigenvalue weighted by molar-refractivity contribution is 0.678. The second-order valence-electron chi connectivity index (χ2n) is 6.25. The number of hydrogen-bond acceptors (Lipinski definition) is 2. The van der Waals surface area contributed by atoms with Crippen LogP contribution < -0.4 is 10.6 Å². The van der Waals surface area contributed by atoms with E-state index in [-0.39, 0.29) is 6.04 Å². The topological polar surface area (TPSA) is 24.1 Å². The van der Waals surface area contributed by atoms with Crippen LogP contribution in [0.3, 0.4) is 0 Å². The van der Waals surface area contributed by atoms with Crippen LogP contribution in [0.25, 0.3) is 5.70 Å². The third-order valence-corrected chi connectivity index (χ3v) is 4.25. The number of rotatable bonds is 8. The number of anilines is 1. The van der Waals surface area contributed by atoms with Crippen molar-refractivity contribution in [3.8, 4) is 0 Å². The first-order valence-corrected chi connectivity index (χ1v) is 8.78. The molecule has 0 aromatic heterocycles. The summed E-state index contributed by atoms with van der Waals surface area (Å²) in [6, 6.07) is 30.7. The number of benzene rings is 3. The summed E-state index contributed by atoms with van der Waals surface area (Å²) in [5.74, 6) is 0. The Morgan fingerprint density at radius 1 is 0.731 bits per heavy atom. The molecule has 0 heterocycles. The molecular formula is C24H24N2. The van der Waals surface area contributed by atoms with Gasteiger partial charge in [-0.2, -0.15) is 0 Å². The summed E-state index contributed by atoms with van der Waals surface area (Å²) in [4.78, 5) is 0. The third kappa shape index (κ3) is 4.87. The molecule has 0 radical (unpaired) electrons. The predicted octanol–water partition coefficient (Wildman–Crippen LogP) is 5.48. The van der Waals surface area contributed by atoms with Gasteiger partial charge in [-0.15, -0.1) is 0 Å². The smallest absolute Gasteiger partial charge is 0.0697 e. The molecule has 26 heavy (non-hydrogen) atoms. The van der Waals surface area contributed by atoms with Crippen molar-refractivity contribution in [3.05, 3.63) is 121 Å². The van der Waals surface area contributed by atoms with Gasteiger partial charge in [0, 0.05) is 17.1 Å². The summed E-state index contributed by atoms with van der Waals surface area (Å²) < 4.78 is 0. The van der Waals surface area contributed by atoms with E-state index in [4.69, 9.17) is 0 Å². The molecule has 0 aliphatic rings. The zero-order valence-electron chi connectivity index (χ0n) is 14.9. The maximum absolute atomic E-state index is 4.28.